The highest BCUT2D eigenvalue weighted by atomic mass is 16.6. The van der Waals surface area contributed by atoms with Gasteiger partial charge in [-0.05, 0) is 13.0 Å². The fourth-order valence-electron chi connectivity index (χ4n) is 1.52. The van der Waals surface area contributed by atoms with E-state index < -0.39 is 27.5 Å². The lowest BCUT2D eigenvalue weighted by Crippen LogP contribution is -2.24. The van der Waals surface area contributed by atoms with E-state index in [0.29, 0.717) is 0 Å². The lowest BCUT2D eigenvalue weighted by Gasteiger charge is -2.13. The molecule has 0 spiro atoms. The fourth-order valence-corrected chi connectivity index (χ4v) is 1.52. The molecule has 1 unspecified atom stereocenters. The fraction of sp³-hybridized carbons (Fsp3) is 0.300. The number of nitrogens with two attached hydrogens (primary N) is 1. The van der Waals surface area contributed by atoms with E-state index in [1.54, 1.807) is 6.92 Å². The monoisotopic (exact) mass is 268 g/mol. The zero-order chi connectivity index (χ0) is 14.6. The molecule has 0 aliphatic rings. The predicted molar refractivity (Wildman–Crippen MR) is 66.6 cm³/mol. The van der Waals surface area contributed by atoms with Gasteiger partial charge in [-0.3, -0.25) is 25.0 Å². The van der Waals surface area contributed by atoms with Crippen molar-refractivity contribution in [3.05, 3.63) is 38.4 Å². The minimum absolute atomic E-state index is 0.00581. The van der Waals surface area contributed by atoms with Crippen molar-refractivity contribution in [3.63, 3.8) is 0 Å². The van der Waals surface area contributed by atoms with Gasteiger partial charge in [0.25, 0.3) is 11.4 Å². The number of anilines is 1. The summed E-state index contributed by atoms with van der Waals surface area (Å²) in [5.74, 6) is -0.551. The van der Waals surface area contributed by atoms with Crippen LogP contribution in [0.1, 0.15) is 13.3 Å². The molecule has 0 radical (unpaired) electrons. The quantitative estimate of drug-likeness (QED) is 0.586. The van der Waals surface area contributed by atoms with Crippen LogP contribution >= 0.6 is 0 Å². The van der Waals surface area contributed by atoms with Crippen LogP contribution in [0.15, 0.2) is 18.2 Å². The van der Waals surface area contributed by atoms with Gasteiger partial charge in [-0.2, -0.15) is 0 Å². The first-order chi connectivity index (χ1) is 8.81. The number of amides is 1. The summed E-state index contributed by atoms with van der Waals surface area (Å²) in [6, 6.07) is 2.82. The number of non-ortho nitro benzene ring substituents is 1. The van der Waals surface area contributed by atoms with Gasteiger partial charge in [-0.25, -0.2) is 0 Å². The molecular weight excluding hydrogens is 256 g/mol. The van der Waals surface area contributed by atoms with Crippen LogP contribution < -0.4 is 11.1 Å². The molecule has 1 aromatic rings. The third kappa shape index (κ3) is 3.91. The van der Waals surface area contributed by atoms with E-state index in [1.165, 1.54) is 6.07 Å². The highest BCUT2D eigenvalue weighted by Gasteiger charge is 2.20. The molecule has 9 heteroatoms. The Morgan fingerprint density at radius 3 is 2.47 bits per heavy atom. The number of nitro groups is 2. The van der Waals surface area contributed by atoms with Crippen LogP contribution in [-0.4, -0.2) is 21.8 Å². The first kappa shape index (κ1) is 14.4. The first-order valence-electron chi connectivity index (χ1n) is 5.29. The molecule has 3 N–H and O–H groups in total. The minimum Gasteiger partial charge on any atom is -0.377 e. The standard InChI is InChI=1S/C10H12N4O5/c1-6(4-10(11)15)12-8-3-2-7(13(16)17)5-9(8)14(18)19/h2-3,5-6,12H,4H2,1H3,(H2,11,15). The summed E-state index contributed by atoms with van der Waals surface area (Å²) in [4.78, 5) is 30.7. The van der Waals surface area contributed by atoms with E-state index in [1.807, 2.05) is 0 Å². The molecule has 1 rings (SSSR count). The predicted octanol–water partition coefficient (Wildman–Crippen LogP) is 1.18. The summed E-state index contributed by atoms with van der Waals surface area (Å²) in [6.45, 7) is 1.62. The summed E-state index contributed by atoms with van der Waals surface area (Å²) in [5, 5.41) is 24.1. The molecule has 1 atom stereocenters. The smallest absolute Gasteiger partial charge is 0.299 e. The lowest BCUT2D eigenvalue weighted by molar-refractivity contribution is -0.393. The largest absolute Gasteiger partial charge is 0.377 e. The van der Waals surface area contributed by atoms with Crippen LogP contribution in [0.25, 0.3) is 0 Å². The summed E-state index contributed by atoms with van der Waals surface area (Å²) < 4.78 is 0. The Balaban J connectivity index is 3.03. The molecule has 0 aliphatic heterocycles. The van der Waals surface area contributed by atoms with Gasteiger partial charge in [0.15, 0.2) is 0 Å². The van der Waals surface area contributed by atoms with Crippen LogP contribution in [0.4, 0.5) is 17.1 Å². The van der Waals surface area contributed by atoms with E-state index in [0.717, 1.165) is 12.1 Å². The average molecular weight is 268 g/mol. The van der Waals surface area contributed by atoms with Gasteiger partial charge >= 0.3 is 0 Å². The molecule has 9 nitrogen and oxygen atoms in total. The van der Waals surface area contributed by atoms with E-state index >= 15 is 0 Å². The van der Waals surface area contributed by atoms with Crippen molar-refractivity contribution in [2.24, 2.45) is 5.73 Å². The number of carbonyl (C=O) groups is 1. The van der Waals surface area contributed by atoms with Crippen LogP contribution in [0, 0.1) is 20.2 Å². The van der Waals surface area contributed by atoms with Gasteiger partial charge in [0.1, 0.15) is 5.69 Å². The first-order valence-corrected chi connectivity index (χ1v) is 5.29. The number of hydrogen-bond acceptors (Lipinski definition) is 6. The van der Waals surface area contributed by atoms with Gasteiger partial charge in [0.2, 0.25) is 5.91 Å². The SMILES string of the molecule is CC(CC(N)=O)Nc1ccc([N+](=O)[O-])cc1[N+](=O)[O-]. The van der Waals surface area contributed by atoms with Crippen molar-refractivity contribution in [1.29, 1.82) is 0 Å². The van der Waals surface area contributed by atoms with Crippen molar-refractivity contribution in [2.45, 2.75) is 19.4 Å². The van der Waals surface area contributed by atoms with Crippen LogP contribution in [0.5, 0.6) is 0 Å². The topological polar surface area (TPSA) is 141 Å². The van der Waals surface area contributed by atoms with E-state index in [-0.39, 0.29) is 17.8 Å². The number of nitro benzene ring substituents is 2. The van der Waals surface area contributed by atoms with Gasteiger partial charge in [0, 0.05) is 18.5 Å². The molecule has 0 saturated carbocycles. The molecule has 1 amide bonds. The molecular formula is C10H12N4O5. The summed E-state index contributed by atoms with van der Waals surface area (Å²) in [6.07, 6.45) is -0.00581. The number of carbonyl (C=O) groups excluding carboxylic acids is 1. The Bertz CT molecular complexity index is 531. The van der Waals surface area contributed by atoms with Crippen molar-refractivity contribution in [2.75, 3.05) is 5.32 Å². The van der Waals surface area contributed by atoms with E-state index in [9.17, 15) is 25.0 Å². The van der Waals surface area contributed by atoms with Crippen molar-refractivity contribution in [1.82, 2.24) is 0 Å². The van der Waals surface area contributed by atoms with Crippen LogP contribution in [0.3, 0.4) is 0 Å². The molecule has 0 aliphatic carbocycles. The highest BCUT2D eigenvalue weighted by Crippen LogP contribution is 2.29. The molecule has 102 valence electrons. The normalized spacial score (nSPS) is 11.6. The maximum absolute atomic E-state index is 10.9. The zero-order valence-corrected chi connectivity index (χ0v) is 10.0. The zero-order valence-electron chi connectivity index (χ0n) is 10.0. The minimum atomic E-state index is -0.730. The molecule has 0 heterocycles. The maximum atomic E-state index is 10.9. The average Bonchev–Trinajstić information content (AvgIpc) is 2.27. The summed E-state index contributed by atoms with van der Waals surface area (Å²) in [5.41, 5.74) is 4.31. The number of nitrogens with one attached hydrogen (secondary N) is 1. The highest BCUT2D eigenvalue weighted by molar-refractivity contribution is 5.75. The second-order valence-corrected chi connectivity index (χ2v) is 3.93. The molecule has 0 fully saturated rings. The molecule has 1 aromatic carbocycles. The van der Waals surface area contributed by atoms with E-state index in [4.69, 9.17) is 5.73 Å². The van der Waals surface area contributed by atoms with Gasteiger partial charge in [0.05, 0.1) is 15.9 Å². The number of benzene rings is 1. The Labute approximate surface area is 107 Å². The third-order valence-electron chi connectivity index (χ3n) is 2.30. The van der Waals surface area contributed by atoms with Crippen LogP contribution in [0.2, 0.25) is 0 Å². The molecule has 0 aromatic heterocycles. The second-order valence-electron chi connectivity index (χ2n) is 3.93. The third-order valence-corrected chi connectivity index (χ3v) is 2.30. The van der Waals surface area contributed by atoms with Crippen molar-refractivity contribution in [3.8, 4) is 0 Å². The van der Waals surface area contributed by atoms with Crippen molar-refractivity contribution >= 4 is 23.0 Å². The van der Waals surface area contributed by atoms with E-state index in [2.05, 4.69) is 5.32 Å². The lowest BCUT2D eigenvalue weighted by atomic mass is 10.2. The molecule has 0 bridgehead atoms. The number of rotatable bonds is 6. The van der Waals surface area contributed by atoms with Crippen LogP contribution in [-0.2, 0) is 4.79 Å². The number of nitrogens with zero attached hydrogens (tertiary/aromatic N) is 2. The Morgan fingerprint density at radius 2 is 2.00 bits per heavy atom. The summed E-state index contributed by atoms with van der Waals surface area (Å²) >= 11 is 0. The molecule has 19 heavy (non-hydrogen) atoms. The molecule has 0 saturated heterocycles. The van der Waals surface area contributed by atoms with Gasteiger partial charge in [-0.15, -0.1) is 0 Å². The summed E-state index contributed by atoms with van der Waals surface area (Å²) in [7, 11) is 0. The number of hydrogen-bond donors (Lipinski definition) is 2. The Kier molecular flexibility index (Phi) is 4.35. The number of primary amides is 1. The Morgan fingerprint density at radius 1 is 1.37 bits per heavy atom. The second kappa shape index (κ2) is 5.76. The maximum Gasteiger partial charge on any atom is 0.299 e. The van der Waals surface area contributed by atoms with Crippen molar-refractivity contribution < 1.29 is 14.6 Å². The van der Waals surface area contributed by atoms with Gasteiger partial charge < -0.3 is 11.1 Å². The van der Waals surface area contributed by atoms with Gasteiger partial charge in [-0.1, -0.05) is 0 Å². The Hall–Kier alpha value is -2.71.